The van der Waals surface area contributed by atoms with E-state index in [0.717, 1.165) is 42.0 Å². The molecular weight excluding hydrogens is 338 g/mol. The van der Waals surface area contributed by atoms with Crippen LogP contribution >= 0.6 is 11.6 Å². The number of amides is 1. The van der Waals surface area contributed by atoms with Gasteiger partial charge in [0.05, 0.1) is 6.04 Å². The van der Waals surface area contributed by atoms with Crippen molar-refractivity contribution in [3.8, 4) is 11.5 Å². The molecule has 1 saturated heterocycles. The third-order valence-electron chi connectivity index (χ3n) is 4.61. The first kappa shape index (κ1) is 16.0. The highest BCUT2D eigenvalue weighted by Crippen LogP contribution is 2.34. The van der Waals surface area contributed by atoms with Crippen LogP contribution in [0.2, 0.25) is 5.02 Å². The quantitative estimate of drug-likeness (QED) is 0.764. The molecule has 2 aromatic rings. The molecule has 1 atom stereocenters. The maximum absolute atomic E-state index is 12.7. The lowest BCUT2D eigenvalue weighted by atomic mass is 10.0. The van der Waals surface area contributed by atoms with E-state index in [-0.39, 0.29) is 18.7 Å². The molecule has 4 rings (SSSR count). The van der Waals surface area contributed by atoms with E-state index in [2.05, 4.69) is 0 Å². The van der Waals surface area contributed by atoms with Crippen molar-refractivity contribution in [1.82, 2.24) is 4.90 Å². The van der Waals surface area contributed by atoms with Gasteiger partial charge in [0.15, 0.2) is 11.5 Å². The summed E-state index contributed by atoms with van der Waals surface area (Å²) >= 11 is 5.96. The lowest BCUT2D eigenvalue weighted by Crippen LogP contribution is -2.28. The number of nitrogens with zero attached hydrogens (tertiary/aromatic N) is 1. The number of carbonyl (C=O) groups is 1. The molecule has 2 aliphatic heterocycles. The molecule has 0 aromatic heterocycles. The lowest BCUT2D eigenvalue weighted by Gasteiger charge is -2.24. The van der Waals surface area contributed by atoms with E-state index in [9.17, 15) is 4.79 Å². The summed E-state index contributed by atoms with van der Waals surface area (Å²) in [5.74, 6) is 1.48. The molecule has 2 aliphatic rings. The average Bonchev–Trinajstić information content (AvgIpc) is 3.29. The molecule has 0 bridgehead atoms. The van der Waals surface area contributed by atoms with Crippen LogP contribution in [0.1, 0.15) is 30.0 Å². The number of likely N-dealkylation sites (tertiary alicyclic amines) is 1. The monoisotopic (exact) mass is 355 g/mol. The third kappa shape index (κ3) is 3.35. The van der Waals surface area contributed by atoms with Gasteiger partial charge in [-0.2, -0.15) is 0 Å². The Morgan fingerprint density at radius 1 is 1.12 bits per heavy atom. The molecule has 0 radical (unpaired) electrons. The Hall–Kier alpha value is -2.46. The molecular formula is C20H18ClNO3. The molecule has 1 fully saturated rings. The SMILES string of the molecule is O=C(/C=C/c1ccc2c(c1)OCO2)N1CCC[C@@H]1c1ccc(Cl)cc1. The van der Waals surface area contributed by atoms with Crippen molar-refractivity contribution >= 4 is 23.6 Å². The van der Waals surface area contributed by atoms with E-state index in [1.807, 2.05) is 53.4 Å². The maximum Gasteiger partial charge on any atom is 0.247 e. The van der Waals surface area contributed by atoms with E-state index in [0.29, 0.717) is 5.02 Å². The van der Waals surface area contributed by atoms with Crippen molar-refractivity contribution < 1.29 is 14.3 Å². The number of ether oxygens (including phenoxy) is 2. The van der Waals surface area contributed by atoms with Crippen LogP contribution in [0.3, 0.4) is 0 Å². The summed E-state index contributed by atoms with van der Waals surface area (Å²) in [5.41, 5.74) is 2.05. The topological polar surface area (TPSA) is 38.8 Å². The van der Waals surface area contributed by atoms with Crippen molar-refractivity contribution in [2.45, 2.75) is 18.9 Å². The summed E-state index contributed by atoms with van der Waals surface area (Å²) in [7, 11) is 0. The predicted molar refractivity (Wildman–Crippen MR) is 96.7 cm³/mol. The van der Waals surface area contributed by atoms with E-state index >= 15 is 0 Å². The Morgan fingerprint density at radius 2 is 1.92 bits per heavy atom. The van der Waals surface area contributed by atoms with Crippen LogP contribution in [0.25, 0.3) is 6.08 Å². The number of hydrogen-bond donors (Lipinski definition) is 0. The van der Waals surface area contributed by atoms with Crippen LogP contribution in [0, 0.1) is 0 Å². The Morgan fingerprint density at radius 3 is 2.76 bits per heavy atom. The molecule has 0 unspecified atom stereocenters. The van der Waals surface area contributed by atoms with Crippen LogP contribution in [0.4, 0.5) is 0 Å². The van der Waals surface area contributed by atoms with E-state index in [1.165, 1.54) is 0 Å². The molecule has 2 aromatic carbocycles. The molecule has 1 amide bonds. The Bertz CT molecular complexity index is 816. The van der Waals surface area contributed by atoms with Crippen molar-refractivity contribution in [2.75, 3.05) is 13.3 Å². The highest BCUT2D eigenvalue weighted by molar-refractivity contribution is 6.30. The van der Waals surface area contributed by atoms with Crippen LogP contribution in [-0.2, 0) is 4.79 Å². The summed E-state index contributed by atoms with van der Waals surface area (Å²) in [6.45, 7) is 1.02. The minimum Gasteiger partial charge on any atom is -0.454 e. The number of halogens is 1. The van der Waals surface area contributed by atoms with Gasteiger partial charge in [-0.1, -0.05) is 29.8 Å². The first-order chi connectivity index (χ1) is 12.2. The zero-order valence-corrected chi connectivity index (χ0v) is 14.4. The van der Waals surface area contributed by atoms with Crippen molar-refractivity contribution in [3.63, 3.8) is 0 Å². The Labute approximate surface area is 151 Å². The van der Waals surface area contributed by atoms with Crippen molar-refractivity contribution in [2.24, 2.45) is 0 Å². The van der Waals surface area contributed by atoms with Crippen molar-refractivity contribution in [3.05, 3.63) is 64.7 Å². The van der Waals surface area contributed by atoms with Gasteiger partial charge in [-0.05, 0) is 54.3 Å². The first-order valence-electron chi connectivity index (χ1n) is 8.34. The minimum absolute atomic E-state index is 0.0233. The molecule has 0 saturated carbocycles. The fourth-order valence-electron chi connectivity index (χ4n) is 3.34. The Balaban J connectivity index is 1.49. The summed E-state index contributed by atoms with van der Waals surface area (Å²) < 4.78 is 10.7. The second kappa shape index (κ2) is 6.81. The predicted octanol–water partition coefficient (Wildman–Crippen LogP) is 4.45. The maximum atomic E-state index is 12.7. The van der Waals surface area contributed by atoms with Gasteiger partial charge in [-0.25, -0.2) is 0 Å². The van der Waals surface area contributed by atoms with E-state index in [1.54, 1.807) is 6.08 Å². The summed E-state index contributed by atoms with van der Waals surface area (Å²) in [6, 6.07) is 13.5. The largest absolute Gasteiger partial charge is 0.454 e. The average molecular weight is 356 g/mol. The van der Waals surface area contributed by atoms with Gasteiger partial charge in [-0.3, -0.25) is 4.79 Å². The molecule has 25 heavy (non-hydrogen) atoms. The normalized spacial score (nSPS) is 18.9. The lowest BCUT2D eigenvalue weighted by molar-refractivity contribution is -0.126. The fraction of sp³-hybridized carbons (Fsp3) is 0.250. The molecule has 0 aliphatic carbocycles. The molecule has 4 nitrogen and oxygen atoms in total. The van der Waals surface area contributed by atoms with Gasteiger partial charge in [0.25, 0.3) is 0 Å². The zero-order valence-electron chi connectivity index (χ0n) is 13.7. The van der Waals surface area contributed by atoms with Crippen LogP contribution in [0.15, 0.2) is 48.5 Å². The summed E-state index contributed by atoms with van der Waals surface area (Å²) in [5, 5.41) is 0.710. The van der Waals surface area contributed by atoms with Gasteiger partial charge in [-0.15, -0.1) is 0 Å². The molecule has 128 valence electrons. The van der Waals surface area contributed by atoms with Gasteiger partial charge in [0.1, 0.15) is 0 Å². The number of carbonyl (C=O) groups excluding carboxylic acids is 1. The van der Waals surface area contributed by atoms with Crippen molar-refractivity contribution in [1.29, 1.82) is 0 Å². The fourth-order valence-corrected chi connectivity index (χ4v) is 3.47. The minimum atomic E-state index is 0.0233. The molecule has 0 spiro atoms. The molecule has 2 heterocycles. The van der Waals surface area contributed by atoms with Crippen LogP contribution in [-0.4, -0.2) is 24.1 Å². The molecule has 5 heteroatoms. The second-order valence-corrected chi connectivity index (χ2v) is 6.62. The third-order valence-corrected chi connectivity index (χ3v) is 4.86. The number of benzene rings is 2. The molecule has 0 N–H and O–H groups in total. The number of rotatable bonds is 3. The summed E-state index contributed by atoms with van der Waals surface area (Å²) in [6.07, 6.45) is 5.44. The Kier molecular flexibility index (Phi) is 4.36. The van der Waals surface area contributed by atoms with Gasteiger partial charge in [0, 0.05) is 17.6 Å². The first-order valence-corrected chi connectivity index (χ1v) is 8.72. The number of fused-ring (bicyclic) bond motifs is 1. The van der Waals surface area contributed by atoms with Crippen LogP contribution < -0.4 is 9.47 Å². The second-order valence-electron chi connectivity index (χ2n) is 6.19. The van der Waals surface area contributed by atoms with Gasteiger partial charge in [0.2, 0.25) is 12.7 Å². The highest BCUT2D eigenvalue weighted by atomic mass is 35.5. The standard InChI is InChI=1S/C20H18ClNO3/c21-16-7-5-15(6-8-16)17-2-1-11-22(17)20(23)10-4-14-3-9-18-19(12-14)25-13-24-18/h3-10,12,17H,1-2,11,13H2/b10-4+/t17-/m1/s1. The van der Waals surface area contributed by atoms with Crippen LogP contribution in [0.5, 0.6) is 11.5 Å². The van der Waals surface area contributed by atoms with Gasteiger partial charge >= 0.3 is 0 Å². The summed E-state index contributed by atoms with van der Waals surface area (Å²) in [4.78, 5) is 14.6. The van der Waals surface area contributed by atoms with Gasteiger partial charge < -0.3 is 14.4 Å². The van der Waals surface area contributed by atoms with E-state index in [4.69, 9.17) is 21.1 Å². The van der Waals surface area contributed by atoms with E-state index < -0.39 is 0 Å². The highest BCUT2D eigenvalue weighted by Gasteiger charge is 2.28. The number of hydrogen-bond acceptors (Lipinski definition) is 3. The smallest absolute Gasteiger partial charge is 0.247 e. The zero-order chi connectivity index (χ0) is 17.2.